The van der Waals surface area contributed by atoms with Crippen molar-refractivity contribution in [1.29, 1.82) is 0 Å². The van der Waals surface area contributed by atoms with Gasteiger partial charge in [0.2, 0.25) is 11.8 Å². The fraction of sp³-hybridized carbons (Fsp3) is 0.362. The van der Waals surface area contributed by atoms with E-state index in [-0.39, 0.29) is 42.6 Å². The van der Waals surface area contributed by atoms with Gasteiger partial charge in [0, 0.05) is 50.5 Å². The zero-order valence-corrected chi connectivity index (χ0v) is 32.5. The first-order chi connectivity index (χ1) is 26.7. The number of rotatable bonds is 16. The standard InChI is InChI=1S/C47H55N3O5/c1-32-44(30-50(4)33(2)39-24-23-37-13-7-8-14-41(37)27-39)54-47(55-46(32)38-21-19-35(31-51)20-22-38)43-17-11-16-42(28-43)40-15-10-12-36(26-40)29-49-45(53)18-6-5-9-25-48-34(3)52/h7-8,10-17,19-24,26-28,32-33,44,46-47,51H,5-6,9,18,25,29-31H2,1-4H3,(H,48,52)(H,49,53)/t32-,33+,44+,46+,47+/m0/s1. The molecule has 55 heavy (non-hydrogen) atoms. The van der Waals surface area contributed by atoms with Gasteiger partial charge in [-0.05, 0) is 89.2 Å². The van der Waals surface area contributed by atoms with Crippen molar-refractivity contribution in [3.8, 4) is 11.1 Å². The van der Waals surface area contributed by atoms with Crippen molar-refractivity contribution >= 4 is 22.6 Å². The van der Waals surface area contributed by atoms with Gasteiger partial charge in [-0.2, -0.15) is 0 Å². The fourth-order valence-corrected chi connectivity index (χ4v) is 7.36. The van der Waals surface area contributed by atoms with Gasteiger partial charge in [-0.1, -0.05) is 110 Å². The summed E-state index contributed by atoms with van der Waals surface area (Å²) in [6.07, 6.45) is 2.09. The third kappa shape index (κ3) is 10.7. The third-order valence-corrected chi connectivity index (χ3v) is 10.9. The third-order valence-electron chi connectivity index (χ3n) is 10.9. The minimum absolute atomic E-state index is 0.00430. The molecule has 1 heterocycles. The minimum atomic E-state index is -0.589. The van der Waals surface area contributed by atoms with Gasteiger partial charge >= 0.3 is 0 Å². The molecule has 0 bridgehead atoms. The van der Waals surface area contributed by atoms with Crippen molar-refractivity contribution in [2.75, 3.05) is 20.1 Å². The second-order valence-electron chi connectivity index (χ2n) is 14.9. The molecule has 1 aliphatic rings. The summed E-state index contributed by atoms with van der Waals surface area (Å²) in [5, 5.41) is 18.0. The highest BCUT2D eigenvalue weighted by Gasteiger charge is 2.39. The van der Waals surface area contributed by atoms with Gasteiger partial charge in [-0.3, -0.25) is 14.5 Å². The van der Waals surface area contributed by atoms with Crippen LogP contribution in [0.4, 0.5) is 0 Å². The van der Waals surface area contributed by atoms with Crippen LogP contribution in [-0.2, 0) is 32.2 Å². The molecule has 2 amide bonds. The van der Waals surface area contributed by atoms with Crippen molar-refractivity contribution in [2.24, 2.45) is 5.92 Å². The van der Waals surface area contributed by atoms with Crippen LogP contribution in [0.25, 0.3) is 21.9 Å². The van der Waals surface area contributed by atoms with Crippen molar-refractivity contribution in [3.63, 3.8) is 0 Å². The number of carbonyl (C=O) groups is 2. The van der Waals surface area contributed by atoms with Crippen LogP contribution in [0.3, 0.4) is 0 Å². The van der Waals surface area contributed by atoms with Crippen LogP contribution in [0.2, 0.25) is 0 Å². The summed E-state index contributed by atoms with van der Waals surface area (Å²) in [4.78, 5) is 25.9. The minimum Gasteiger partial charge on any atom is -0.392 e. The van der Waals surface area contributed by atoms with E-state index in [0.29, 0.717) is 26.1 Å². The molecule has 5 aromatic rings. The maximum absolute atomic E-state index is 12.5. The van der Waals surface area contributed by atoms with Gasteiger partial charge in [0.05, 0.1) is 18.8 Å². The highest BCUT2D eigenvalue weighted by molar-refractivity contribution is 5.83. The molecule has 1 aliphatic heterocycles. The quantitative estimate of drug-likeness (QED) is 0.0875. The Kier molecular flexibility index (Phi) is 13.9. The molecule has 0 aromatic heterocycles. The summed E-state index contributed by atoms with van der Waals surface area (Å²) in [5.74, 6) is 0.0595. The van der Waals surface area contributed by atoms with E-state index in [9.17, 15) is 14.7 Å². The molecule has 0 aliphatic carbocycles. The van der Waals surface area contributed by atoms with Gasteiger partial charge in [0.15, 0.2) is 6.29 Å². The molecule has 6 rings (SSSR count). The maximum Gasteiger partial charge on any atom is 0.220 e. The van der Waals surface area contributed by atoms with E-state index in [2.05, 4.69) is 121 Å². The molecule has 1 fully saturated rings. The van der Waals surface area contributed by atoms with Crippen LogP contribution in [0, 0.1) is 5.92 Å². The predicted octanol–water partition coefficient (Wildman–Crippen LogP) is 8.80. The summed E-state index contributed by atoms with van der Waals surface area (Å²) in [5.41, 5.74) is 7.24. The van der Waals surface area contributed by atoms with Crippen molar-refractivity contribution in [1.82, 2.24) is 15.5 Å². The molecule has 0 spiro atoms. The highest BCUT2D eigenvalue weighted by Crippen LogP contribution is 2.43. The fourth-order valence-electron chi connectivity index (χ4n) is 7.36. The summed E-state index contributed by atoms with van der Waals surface area (Å²) >= 11 is 0. The number of amides is 2. The molecular formula is C47H55N3O5. The lowest BCUT2D eigenvalue weighted by molar-refractivity contribution is -0.276. The topological polar surface area (TPSA) is 100 Å². The van der Waals surface area contributed by atoms with Gasteiger partial charge in [-0.25, -0.2) is 0 Å². The number of aliphatic hydroxyl groups is 1. The molecule has 5 atom stereocenters. The average Bonchev–Trinajstić information content (AvgIpc) is 3.21. The lowest BCUT2D eigenvalue weighted by Crippen LogP contribution is -2.44. The van der Waals surface area contributed by atoms with Gasteiger partial charge < -0.3 is 25.2 Å². The highest BCUT2D eigenvalue weighted by atomic mass is 16.7. The summed E-state index contributed by atoms with van der Waals surface area (Å²) in [6.45, 7) is 7.77. The van der Waals surface area contributed by atoms with Gasteiger partial charge in [-0.15, -0.1) is 0 Å². The number of aliphatic hydroxyl groups excluding tert-OH is 1. The van der Waals surface area contributed by atoms with E-state index >= 15 is 0 Å². The second-order valence-corrected chi connectivity index (χ2v) is 14.9. The number of nitrogens with zero attached hydrogens (tertiary/aromatic N) is 1. The molecule has 0 radical (unpaired) electrons. The zero-order chi connectivity index (χ0) is 38.7. The van der Waals surface area contributed by atoms with E-state index in [4.69, 9.17) is 9.47 Å². The van der Waals surface area contributed by atoms with Gasteiger partial charge in [0.1, 0.15) is 0 Å². The first kappa shape index (κ1) is 39.8. The van der Waals surface area contributed by atoms with Crippen LogP contribution in [0.5, 0.6) is 0 Å². The normalized spacial score (nSPS) is 18.9. The zero-order valence-electron chi connectivity index (χ0n) is 32.5. The average molecular weight is 742 g/mol. The van der Waals surface area contributed by atoms with Crippen molar-refractivity contribution < 1.29 is 24.2 Å². The van der Waals surface area contributed by atoms with Crippen molar-refractivity contribution in [2.45, 2.75) is 84.1 Å². The van der Waals surface area contributed by atoms with E-state index in [1.54, 1.807) is 0 Å². The maximum atomic E-state index is 12.5. The number of fused-ring (bicyclic) bond motifs is 1. The second kappa shape index (κ2) is 19.1. The Balaban J connectivity index is 1.16. The van der Waals surface area contributed by atoms with E-state index in [1.165, 1.54) is 23.3 Å². The lowest BCUT2D eigenvalue weighted by atomic mass is 9.89. The molecule has 0 unspecified atom stereocenters. The van der Waals surface area contributed by atoms with E-state index < -0.39 is 6.29 Å². The Labute approximate surface area is 325 Å². The number of hydrogen-bond acceptors (Lipinski definition) is 6. The Morgan fingerprint density at radius 3 is 2.27 bits per heavy atom. The Hall–Kier alpha value is -4.86. The Morgan fingerprint density at radius 2 is 1.51 bits per heavy atom. The molecule has 8 nitrogen and oxygen atoms in total. The monoisotopic (exact) mass is 741 g/mol. The predicted molar refractivity (Wildman–Crippen MR) is 219 cm³/mol. The Morgan fingerprint density at radius 1 is 0.764 bits per heavy atom. The first-order valence-electron chi connectivity index (χ1n) is 19.6. The van der Waals surface area contributed by atoms with E-state index in [0.717, 1.165) is 52.6 Å². The van der Waals surface area contributed by atoms with E-state index in [1.807, 2.05) is 30.3 Å². The SMILES string of the molecule is CC(=O)NCCCCCC(=O)NCc1cccc(-c2cccc([C@@H]3O[C@H](CN(C)[C@H](C)c4ccc5ccccc5c4)[C@H](C)[C@H](c4ccc(CO)cc4)O3)c2)c1. The number of hydrogen-bond donors (Lipinski definition) is 3. The number of ether oxygens (including phenoxy) is 2. The summed E-state index contributed by atoms with van der Waals surface area (Å²) < 4.78 is 13.7. The molecular weight excluding hydrogens is 687 g/mol. The van der Waals surface area contributed by atoms with Crippen LogP contribution < -0.4 is 10.6 Å². The number of benzene rings is 5. The largest absolute Gasteiger partial charge is 0.392 e. The molecule has 3 N–H and O–H groups in total. The van der Waals surface area contributed by atoms with Crippen molar-refractivity contribution in [3.05, 3.63) is 143 Å². The summed E-state index contributed by atoms with van der Waals surface area (Å²) in [7, 11) is 2.16. The molecule has 1 saturated heterocycles. The smallest absolute Gasteiger partial charge is 0.220 e. The van der Waals surface area contributed by atoms with Crippen LogP contribution >= 0.6 is 0 Å². The molecule has 8 heteroatoms. The molecule has 288 valence electrons. The van der Waals surface area contributed by atoms with Gasteiger partial charge in [0.25, 0.3) is 0 Å². The van der Waals surface area contributed by atoms with Crippen LogP contribution in [-0.4, -0.2) is 48.1 Å². The lowest BCUT2D eigenvalue weighted by Gasteiger charge is -2.43. The first-order valence-corrected chi connectivity index (χ1v) is 19.6. The summed E-state index contributed by atoms with van der Waals surface area (Å²) in [6, 6.07) is 40.0. The number of likely N-dealkylation sites (N-methyl/N-ethyl adjacent to an activating group) is 1. The number of carbonyl (C=O) groups excluding carboxylic acids is 2. The molecule has 5 aromatic carbocycles. The van der Waals surface area contributed by atoms with Crippen LogP contribution in [0.1, 0.15) is 92.7 Å². The van der Waals surface area contributed by atoms with Crippen LogP contribution in [0.15, 0.2) is 115 Å². The Bertz CT molecular complexity index is 2030. The molecule has 0 saturated carbocycles. The number of nitrogens with one attached hydrogen (secondary N) is 2. The number of unbranched alkanes of at least 4 members (excludes halogenated alkanes) is 2.